The van der Waals surface area contributed by atoms with E-state index < -0.39 is 0 Å². The van der Waals surface area contributed by atoms with Crippen LogP contribution in [-0.4, -0.2) is 25.0 Å². The topological polar surface area (TPSA) is 3.24 Å². The third-order valence-corrected chi connectivity index (χ3v) is 12.0. The van der Waals surface area contributed by atoms with Crippen molar-refractivity contribution in [1.82, 2.24) is 4.90 Å². The summed E-state index contributed by atoms with van der Waals surface area (Å²) < 4.78 is 0. The van der Waals surface area contributed by atoms with E-state index in [0.29, 0.717) is 10.8 Å². The lowest BCUT2D eigenvalue weighted by atomic mass is 9.58. The molecule has 1 saturated heterocycles. The Kier molecular flexibility index (Phi) is 7.00. The Labute approximate surface area is 211 Å². The number of hydrogen-bond acceptors (Lipinski definition) is 1. The van der Waals surface area contributed by atoms with E-state index in [2.05, 4.69) is 70.9 Å². The summed E-state index contributed by atoms with van der Waals surface area (Å²) in [5, 5.41) is 0. The zero-order chi connectivity index (χ0) is 24.1. The molecule has 5 rings (SSSR count). The fraction of sp³-hybridized carbons (Fsp3) is 0.818. The van der Waals surface area contributed by atoms with E-state index in [-0.39, 0.29) is 0 Å². The standard InChI is InChI=1S/C33H53N/c1-7-25-9-11-28-20-27-14-18-33(5)30(12-13-31(33)29(27)15-17-32(28,4)21-25)23(2)8-10-26-16-19-34(6)22-24(26)3/h9,11,14,20,23-26,29-31H,7-8,10,12-13,15-19,21-22H2,1-6H3. The van der Waals surface area contributed by atoms with Crippen molar-refractivity contribution in [2.24, 2.45) is 52.3 Å². The molecule has 0 spiro atoms. The van der Waals surface area contributed by atoms with E-state index in [1.54, 1.807) is 11.1 Å². The summed E-state index contributed by atoms with van der Waals surface area (Å²) in [4.78, 5) is 2.54. The molecular formula is C33H53N. The summed E-state index contributed by atoms with van der Waals surface area (Å²) in [7, 11) is 2.30. The number of hydrogen-bond donors (Lipinski definition) is 0. The van der Waals surface area contributed by atoms with Crippen LogP contribution >= 0.6 is 0 Å². The number of nitrogens with zero attached hydrogens (tertiary/aromatic N) is 1. The fourth-order valence-electron chi connectivity index (χ4n) is 9.56. The molecule has 5 aliphatic rings. The molecule has 0 aromatic carbocycles. The largest absolute Gasteiger partial charge is 0.306 e. The van der Waals surface area contributed by atoms with Crippen LogP contribution in [0.5, 0.6) is 0 Å². The van der Waals surface area contributed by atoms with Crippen molar-refractivity contribution in [3.05, 3.63) is 35.5 Å². The van der Waals surface area contributed by atoms with Gasteiger partial charge in [-0.25, -0.2) is 0 Å². The van der Waals surface area contributed by atoms with Gasteiger partial charge in [0.25, 0.3) is 0 Å². The minimum Gasteiger partial charge on any atom is -0.306 e. The highest BCUT2D eigenvalue weighted by molar-refractivity contribution is 5.41. The van der Waals surface area contributed by atoms with Gasteiger partial charge in [-0.1, -0.05) is 65.3 Å². The second-order valence-electron chi connectivity index (χ2n) is 14.1. The molecule has 0 aromatic heterocycles. The monoisotopic (exact) mass is 463 g/mol. The minimum absolute atomic E-state index is 0.403. The molecule has 190 valence electrons. The molecule has 1 heterocycles. The second kappa shape index (κ2) is 9.57. The average Bonchev–Trinajstić information content (AvgIpc) is 3.08. The highest BCUT2D eigenvalue weighted by Crippen LogP contribution is 2.62. The van der Waals surface area contributed by atoms with Crippen molar-refractivity contribution in [2.75, 3.05) is 20.1 Å². The highest BCUT2D eigenvalue weighted by Gasteiger charge is 2.53. The first-order valence-corrected chi connectivity index (χ1v) is 15.0. The van der Waals surface area contributed by atoms with Crippen LogP contribution in [0.15, 0.2) is 35.5 Å². The fourth-order valence-corrected chi connectivity index (χ4v) is 9.56. The molecule has 0 N–H and O–H groups in total. The quantitative estimate of drug-likeness (QED) is 0.394. The summed E-state index contributed by atoms with van der Waals surface area (Å²) >= 11 is 0. The molecule has 9 unspecified atom stereocenters. The molecule has 0 radical (unpaired) electrons. The van der Waals surface area contributed by atoms with E-state index in [1.165, 1.54) is 77.3 Å². The van der Waals surface area contributed by atoms with Crippen molar-refractivity contribution in [3.8, 4) is 0 Å². The van der Waals surface area contributed by atoms with Gasteiger partial charge in [0.05, 0.1) is 0 Å². The first-order valence-electron chi connectivity index (χ1n) is 15.0. The first-order chi connectivity index (χ1) is 16.2. The Bertz CT molecular complexity index is 833. The van der Waals surface area contributed by atoms with E-state index in [1.807, 2.05) is 0 Å². The van der Waals surface area contributed by atoms with Crippen LogP contribution in [0, 0.1) is 52.3 Å². The van der Waals surface area contributed by atoms with Crippen LogP contribution in [0.4, 0.5) is 0 Å². The molecule has 34 heavy (non-hydrogen) atoms. The van der Waals surface area contributed by atoms with Gasteiger partial charge in [0, 0.05) is 6.54 Å². The number of fused-ring (bicyclic) bond motifs is 4. The molecule has 1 aliphatic heterocycles. The second-order valence-corrected chi connectivity index (χ2v) is 14.1. The predicted octanol–water partition coefficient (Wildman–Crippen LogP) is 8.68. The minimum atomic E-state index is 0.403. The summed E-state index contributed by atoms with van der Waals surface area (Å²) in [6.45, 7) is 15.4. The van der Waals surface area contributed by atoms with Crippen LogP contribution in [0.3, 0.4) is 0 Å². The molecule has 2 fully saturated rings. The molecule has 0 aromatic rings. The summed E-state index contributed by atoms with van der Waals surface area (Å²) in [5.41, 5.74) is 4.29. The first kappa shape index (κ1) is 24.9. The van der Waals surface area contributed by atoms with Crippen molar-refractivity contribution in [2.45, 2.75) is 98.8 Å². The van der Waals surface area contributed by atoms with Crippen molar-refractivity contribution >= 4 is 0 Å². The summed E-state index contributed by atoms with van der Waals surface area (Å²) in [5.74, 6) is 6.15. The number of allylic oxidation sites excluding steroid dienone is 6. The van der Waals surface area contributed by atoms with Crippen LogP contribution in [0.25, 0.3) is 0 Å². The molecule has 4 aliphatic carbocycles. The Morgan fingerprint density at radius 2 is 1.97 bits per heavy atom. The summed E-state index contributed by atoms with van der Waals surface area (Å²) in [6.07, 6.45) is 24.5. The van der Waals surface area contributed by atoms with Crippen LogP contribution in [0.2, 0.25) is 0 Å². The van der Waals surface area contributed by atoms with Gasteiger partial charge >= 0.3 is 0 Å². The lowest BCUT2D eigenvalue weighted by Crippen LogP contribution is -2.39. The van der Waals surface area contributed by atoms with Gasteiger partial charge in [-0.2, -0.15) is 0 Å². The predicted molar refractivity (Wildman–Crippen MR) is 147 cm³/mol. The van der Waals surface area contributed by atoms with Crippen LogP contribution in [-0.2, 0) is 0 Å². The van der Waals surface area contributed by atoms with E-state index in [0.717, 1.165) is 41.4 Å². The molecule has 1 heteroatoms. The Morgan fingerprint density at radius 3 is 2.74 bits per heavy atom. The van der Waals surface area contributed by atoms with Gasteiger partial charge < -0.3 is 4.90 Å². The smallest absolute Gasteiger partial charge is 0.000662 e. The zero-order valence-electron chi connectivity index (χ0n) is 23.3. The number of rotatable bonds is 5. The van der Waals surface area contributed by atoms with Gasteiger partial charge in [0.1, 0.15) is 0 Å². The summed E-state index contributed by atoms with van der Waals surface area (Å²) in [6, 6.07) is 0. The van der Waals surface area contributed by atoms with E-state index in [9.17, 15) is 0 Å². The van der Waals surface area contributed by atoms with Crippen molar-refractivity contribution in [1.29, 1.82) is 0 Å². The Hall–Kier alpha value is -0.820. The molecule has 0 bridgehead atoms. The van der Waals surface area contributed by atoms with Crippen LogP contribution in [0.1, 0.15) is 98.8 Å². The number of piperidine rings is 1. The molecule has 1 nitrogen and oxygen atoms in total. The number of likely N-dealkylation sites (tertiary alicyclic amines) is 1. The lowest BCUT2D eigenvalue weighted by molar-refractivity contribution is 0.0669. The third kappa shape index (κ3) is 4.42. The average molecular weight is 464 g/mol. The maximum Gasteiger partial charge on any atom is 0.000662 e. The molecule has 9 atom stereocenters. The third-order valence-electron chi connectivity index (χ3n) is 12.0. The maximum atomic E-state index is 2.71. The molecule has 1 saturated carbocycles. The van der Waals surface area contributed by atoms with Gasteiger partial charge in [-0.05, 0) is 135 Å². The normalized spacial score (nSPS) is 45.5. The van der Waals surface area contributed by atoms with Crippen molar-refractivity contribution < 1.29 is 0 Å². The molecule has 0 amide bonds. The zero-order valence-corrected chi connectivity index (χ0v) is 23.3. The Morgan fingerprint density at radius 1 is 1.15 bits per heavy atom. The lowest BCUT2D eigenvalue weighted by Gasteiger charge is -2.46. The van der Waals surface area contributed by atoms with Crippen LogP contribution < -0.4 is 0 Å². The van der Waals surface area contributed by atoms with Gasteiger partial charge in [0.15, 0.2) is 0 Å². The van der Waals surface area contributed by atoms with Gasteiger partial charge in [-0.15, -0.1) is 0 Å². The van der Waals surface area contributed by atoms with Crippen molar-refractivity contribution in [3.63, 3.8) is 0 Å². The highest BCUT2D eigenvalue weighted by atomic mass is 15.1. The SMILES string of the molecule is CCC1C=CC2=CC3=CCC4(C)C(C(C)CCC5CCN(C)CC5C)CCC4C3CCC2(C)C1. The van der Waals surface area contributed by atoms with Gasteiger partial charge in [0.2, 0.25) is 0 Å². The maximum absolute atomic E-state index is 2.71. The van der Waals surface area contributed by atoms with Gasteiger partial charge in [-0.3, -0.25) is 0 Å². The molecular weight excluding hydrogens is 410 g/mol. The van der Waals surface area contributed by atoms with E-state index in [4.69, 9.17) is 0 Å². The Balaban J connectivity index is 1.28. The van der Waals surface area contributed by atoms with E-state index >= 15 is 0 Å².